The fourth-order valence-corrected chi connectivity index (χ4v) is 3.75. The molecule has 0 unspecified atom stereocenters. The molecule has 0 aliphatic heterocycles. The summed E-state index contributed by atoms with van der Waals surface area (Å²) in [6.07, 6.45) is 0.0223. The van der Waals surface area contributed by atoms with Gasteiger partial charge in [-0.3, -0.25) is 4.79 Å². The topological polar surface area (TPSA) is 98.5 Å². The molecule has 1 rings (SSSR count). The summed E-state index contributed by atoms with van der Waals surface area (Å²) < 4.78 is 30.1. The summed E-state index contributed by atoms with van der Waals surface area (Å²) in [7, 11) is -2.13. The third-order valence-electron chi connectivity index (χ3n) is 2.41. The Balaban J connectivity index is 2.33. The molecule has 0 spiro atoms. The van der Waals surface area contributed by atoms with Gasteiger partial charge in [0.1, 0.15) is 0 Å². The molecule has 0 fully saturated rings. The van der Waals surface area contributed by atoms with Crippen LogP contribution in [0.3, 0.4) is 0 Å². The quantitative estimate of drug-likeness (QED) is 0.419. The van der Waals surface area contributed by atoms with Gasteiger partial charge in [-0.2, -0.15) is 0 Å². The van der Waals surface area contributed by atoms with Crippen LogP contribution in [-0.4, -0.2) is 39.5 Å². The highest BCUT2D eigenvalue weighted by atomic mass is 32.2. The van der Waals surface area contributed by atoms with Gasteiger partial charge in [0, 0.05) is 22.9 Å². The first-order chi connectivity index (χ1) is 9.44. The van der Waals surface area contributed by atoms with Gasteiger partial charge in [-0.1, -0.05) is 12.1 Å². The van der Waals surface area contributed by atoms with Gasteiger partial charge in [-0.25, -0.2) is 13.1 Å². The lowest BCUT2D eigenvalue weighted by Crippen LogP contribution is -2.29. The number of nitrogens with one attached hydrogen (secondary N) is 1. The minimum Gasteiger partial charge on any atom is -0.469 e. The molecule has 0 aliphatic rings. The normalized spacial score (nSPS) is 11.2. The highest BCUT2D eigenvalue weighted by molar-refractivity contribution is 8.00. The van der Waals surface area contributed by atoms with Crippen LogP contribution < -0.4 is 10.5 Å². The third-order valence-corrected chi connectivity index (χ3v) is 5.14. The Hall–Kier alpha value is -1.25. The number of carbonyl (C=O) groups is 1. The molecule has 20 heavy (non-hydrogen) atoms. The number of nitrogen functional groups attached to an aromatic ring is 1. The van der Waals surface area contributed by atoms with Crippen LogP contribution in [0, 0.1) is 0 Å². The lowest BCUT2D eigenvalue weighted by Gasteiger charge is -2.07. The fourth-order valence-electron chi connectivity index (χ4n) is 1.36. The predicted octanol–water partition coefficient (Wildman–Crippen LogP) is 0.843. The molecule has 1 aromatic carbocycles. The van der Waals surface area contributed by atoms with E-state index in [9.17, 15) is 13.2 Å². The molecular weight excluding hydrogens is 300 g/mol. The summed E-state index contributed by atoms with van der Waals surface area (Å²) in [5.74, 6) is -0.0892. The first-order valence-corrected chi connectivity index (χ1v) is 8.60. The highest BCUT2D eigenvalue weighted by Crippen LogP contribution is 2.24. The molecule has 0 bridgehead atoms. The number of esters is 1. The van der Waals surface area contributed by atoms with Gasteiger partial charge in [-0.15, -0.1) is 11.8 Å². The minimum absolute atomic E-state index is 0.0223. The lowest BCUT2D eigenvalue weighted by atomic mass is 10.3. The minimum atomic E-state index is -3.39. The number of rotatable bonds is 8. The number of benzene rings is 1. The molecule has 0 saturated carbocycles. The first kappa shape index (κ1) is 16.8. The molecule has 6 nitrogen and oxygen atoms in total. The Bertz CT molecular complexity index is 546. The van der Waals surface area contributed by atoms with Gasteiger partial charge in [-0.05, 0) is 12.1 Å². The number of hydrogen-bond donors (Lipinski definition) is 2. The van der Waals surface area contributed by atoms with Crippen LogP contribution in [0.5, 0.6) is 0 Å². The average Bonchev–Trinajstić information content (AvgIpc) is 2.40. The highest BCUT2D eigenvalue weighted by Gasteiger charge is 2.11. The first-order valence-electron chi connectivity index (χ1n) is 5.96. The second-order valence-electron chi connectivity index (χ2n) is 3.93. The van der Waals surface area contributed by atoms with Crippen LogP contribution >= 0.6 is 11.8 Å². The molecule has 8 heteroatoms. The van der Waals surface area contributed by atoms with Crippen LogP contribution in [0.4, 0.5) is 5.69 Å². The lowest BCUT2D eigenvalue weighted by molar-refractivity contribution is -0.140. The molecule has 0 heterocycles. The van der Waals surface area contributed by atoms with Gasteiger partial charge < -0.3 is 10.5 Å². The summed E-state index contributed by atoms with van der Waals surface area (Å²) in [4.78, 5) is 11.7. The standard InChI is InChI=1S/C12H18N2O4S2/c1-18-12(15)6-7-14-20(16,17)9-8-19-11-5-3-2-4-10(11)13/h2-5,14H,6-9,13H2,1H3. The fraction of sp³-hybridized carbons (Fsp3) is 0.417. The predicted molar refractivity (Wildman–Crippen MR) is 80.0 cm³/mol. The average molecular weight is 318 g/mol. The number of para-hydroxylation sites is 1. The number of ether oxygens (including phenoxy) is 1. The number of sulfonamides is 1. The number of thioether (sulfide) groups is 1. The van der Waals surface area contributed by atoms with E-state index in [1.165, 1.54) is 18.9 Å². The molecule has 0 saturated heterocycles. The van der Waals surface area contributed by atoms with Crippen molar-refractivity contribution in [3.8, 4) is 0 Å². The molecule has 3 N–H and O–H groups in total. The Morgan fingerprint density at radius 1 is 1.40 bits per heavy atom. The van der Waals surface area contributed by atoms with Crippen LogP contribution in [0.25, 0.3) is 0 Å². The zero-order chi connectivity index (χ0) is 15.0. The molecular formula is C12H18N2O4S2. The number of methoxy groups -OCH3 is 1. The Morgan fingerprint density at radius 3 is 2.75 bits per heavy atom. The molecule has 0 aliphatic carbocycles. The summed E-state index contributed by atoms with van der Waals surface area (Å²) in [5.41, 5.74) is 6.39. The summed E-state index contributed by atoms with van der Waals surface area (Å²) in [6.45, 7) is 0.0488. The molecule has 0 aromatic heterocycles. The summed E-state index contributed by atoms with van der Waals surface area (Å²) in [5, 5.41) is 0. The summed E-state index contributed by atoms with van der Waals surface area (Å²) >= 11 is 1.38. The van der Waals surface area contributed by atoms with Crippen LogP contribution in [-0.2, 0) is 19.6 Å². The van der Waals surface area contributed by atoms with E-state index in [4.69, 9.17) is 5.73 Å². The third kappa shape index (κ3) is 6.27. The molecule has 1 aromatic rings. The zero-order valence-electron chi connectivity index (χ0n) is 11.2. The van der Waals surface area contributed by atoms with Crippen molar-refractivity contribution < 1.29 is 17.9 Å². The number of hydrogen-bond acceptors (Lipinski definition) is 6. The number of carbonyl (C=O) groups excluding carboxylic acids is 1. The Labute approximate surface area is 123 Å². The largest absolute Gasteiger partial charge is 0.469 e. The molecule has 112 valence electrons. The van der Waals surface area contributed by atoms with Crippen molar-refractivity contribution in [3.63, 3.8) is 0 Å². The molecule has 0 amide bonds. The van der Waals surface area contributed by atoms with E-state index >= 15 is 0 Å². The Morgan fingerprint density at radius 2 is 2.10 bits per heavy atom. The van der Waals surface area contributed by atoms with Crippen molar-refractivity contribution in [1.29, 1.82) is 0 Å². The maximum Gasteiger partial charge on any atom is 0.306 e. The van der Waals surface area contributed by atoms with Crippen molar-refractivity contribution >= 4 is 33.4 Å². The van der Waals surface area contributed by atoms with E-state index in [1.54, 1.807) is 6.07 Å². The smallest absolute Gasteiger partial charge is 0.306 e. The zero-order valence-corrected chi connectivity index (χ0v) is 12.8. The van der Waals surface area contributed by atoms with Crippen molar-refractivity contribution in [2.45, 2.75) is 11.3 Å². The monoisotopic (exact) mass is 318 g/mol. The van der Waals surface area contributed by atoms with Crippen molar-refractivity contribution in [1.82, 2.24) is 4.72 Å². The van der Waals surface area contributed by atoms with E-state index < -0.39 is 16.0 Å². The van der Waals surface area contributed by atoms with Gasteiger partial charge in [0.25, 0.3) is 0 Å². The van der Waals surface area contributed by atoms with E-state index in [0.717, 1.165) is 4.90 Å². The molecule has 0 atom stereocenters. The summed E-state index contributed by atoms with van der Waals surface area (Å²) in [6, 6.07) is 7.29. The second-order valence-corrected chi connectivity index (χ2v) is 6.99. The maximum atomic E-state index is 11.7. The van der Waals surface area contributed by atoms with Gasteiger partial charge in [0.15, 0.2) is 0 Å². The van der Waals surface area contributed by atoms with E-state index in [1.807, 2.05) is 18.2 Å². The van der Waals surface area contributed by atoms with Crippen molar-refractivity contribution in [2.75, 3.05) is 30.9 Å². The van der Waals surface area contributed by atoms with Crippen molar-refractivity contribution in [2.24, 2.45) is 0 Å². The number of nitrogens with two attached hydrogens (primary N) is 1. The molecule has 0 radical (unpaired) electrons. The van der Waals surface area contributed by atoms with Crippen LogP contribution in [0.2, 0.25) is 0 Å². The van der Waals surface area contributed by atoms with E-state index in [2.05, 4.69) is 9.46 Å². The van der Waals surface area contributed by atoms with Gasteiger partial charge in [0.05, 0.1) is 19.3 Å². The maximum absolute atomic E-state index is 11.7. The second kappa shape index (κ2) is 8.13. The van der Waals surface area contributed by atoms with Gasteiger partial charge in [0.2, 0.25) is 10.0 Å². The van der Waals surface area contributed by atoms with Gasteiger partial charge >= 0.3 is 5.97 Å². The number of anilines is 1. The van der Waals surface area contributed by atoms with E-state index in [0.29, 0.717) is 11.4 Å². The van der Waals surface area contributed by atoms with Crippen LogP contribution in [0.15, 0.2) is 29.2 Å². The SMILES string of the molecule is COC(=O)CCNS(=O)(=O)CCSc1ccccc1N. The van der Waals surface area contributed by atoms with Crippen LogP contribution in [0.1, 0.15) is 6.42 Å². The van der Waals surface area contributed by atoms with Crippen molar-refractivity contribution in [3.05, 3.63) is 24.3 Å². The van der Waals surface area contributed by atoms with E-state index in [-0.39, 0.29) is 18.7 Å². The Kier molecular flexibility index (Phi) is 6.83.